The molecular formula is C17H23BrFN5. The second-order valence-corrected chi connectivity index (χ2v) is 6.45. The normalized spacial score (nSPS) is 11.6. The Labute approximate surface area is 150 Å². The molecule has 0 amide bonds. The zero-order valence-corrected chi connectivity index (χ0v) is 15.8. The molecular weight excluding hydrogens is 373 g/mol. The van der Waals surface area contributed by atoms with Crippen LogP contribution in [0, 0.1) is 19.7 Å². The lowest BCUT2D eigenvalue weighted by Crippen LogP contribution is -2.37. The van der Waals surface area contributed by atoms with E-state index >= 15 is 0 Å². The Kier molecular flexibility index (Phi) is 6.78. The maximum absolute atomic E-state index is 13.3. The molecule has 2 rings (SSSR count). The van der Waals surface area contributed by atoms with Crippen molar-refractivity contribution in [1.29, 1.82) is 0 Å². The Morgan fingerprint density at radius 3 is 2.75 bits per heavy atom. The lowest BCUT2D eigenvalue weighted by Gasteiger charge is -2.13. The minimum Gasteiger partial charge on any atom is -0.356 e. The Hall–Kier alpha value is -1.89. The average Bonchev–Trinajstić information content (AvgIpc) is 2.87. The summed E-state index contributed by atoms with van der Waals surface area (Å²) < 4.78 is 16.2. The maximum atomic E-state index is 13.3. The van der Waals surface area contributed by atoms with Crippen molar-refractivity contribution in [3.05, 3.63) is 51.5 Å². The summed E-state index contributed by atoms with van der Waals surface area (Å²) in [6, 6.07) is 6.72. The van der Waals surface area contributed by atoms with Gasteiger partial charge in [-0.1, -0.05) is 15.9 Å². The first kappa shape index (κ1) is 18.4. The average molecular weight is 396 g/mol. The predicted octanol–water partition coefficient (Wildman–Crippen LogP) is 3.16. The van der Waals surface area contributed by atoms with Gasteiger partial charge in [0.15, 0.2) is 5.96 Å². The van der Waals surface area contributed by atoms with E-state index in [0.717, 1.165) is 35.2 Å². The number of hydrogen-bond acceptors (Lipinski definition) is 2. The van der Waals surface area contributed by atoms with E-state index in [2.05, 4.69) is 49.6 Å². The number of aryl methyl sites for hydroxylation is 3. The SMILES string of the molecule is CN=C(NCCCn1nc(C)cc1C)NCc1cc(F)ccc1Br. The van der Waals surface area contributed by atoms with Crippen LogP contribution in [0.3, 0.4) is 0 Å². The summed E-state index contributed by atoms with van der Waals surface area (Å²) in [5.74, 6) is 0.447. The van der Waals surface area contributed by atoms with Gasteiger partial charge in [-0.25, -0.2) is 4.39 Å². The van der Waals surface area contributed by atoms with Crippen molar-refractivity contribution in [2.75, 3.05) is 13.6 Å². The Bertz CT molecular complexity index is 711. The van der Waals surface area contributed by atoms with Crippen LogP contribution in [-0.2, 0) is 13.1 Å². The summed E-state index contributed by atoms with van der Waals surface area (Å²) in [5, 5.41) is 10.9. The van der Waals surface area contributed by atoms with Gasteiger partial charge in [-0.3, -0.25) is 9.67 Å². The van der Waals surface area contributed by atoms with Crippen LogP contribution in [0.2, 0.25) is 0 Å². The minimum absolute atomic E-state index is 0.247. The highest BCUT2D eigenvalue weighted by Crippen LogP contribution is 2.17. The molecule has 2 aromatic rings. The van der Waals surface area contributed by atoms with Crippen LogP contribution in [-0.4, -0.2) is 29.3 Å². The van der Waals surface area contributed by atoms with Gasteiger partial charge in [0.25, 0.3) is 0 Å². The van der Waals surface area contributed by atoms with E-state index in [9.17, 15) is 4.39 Å². The monoisotopic (exact) mass is 395 g/mol. The van der Waals surface area contributed by atoms with E-state index in [1.807, 2.05) is 11.6 Å². The second-order valence-electron chi connectivity index (χ2n) is 5.59. The van der Waals surface area contributed by atoms with Crippen molar-refractivity contribution in [1.82, 2.24) is 20.4 Å². The molecule has 1 aromatic heterocycles. The molecule has 0 fully saturated rings. The van der Waals surface area contributed by atoms with Crippen LogP contribution < -0.4 is 10.6 Å². The molecule has 0 bridgehead atoms. The van der Waals surface area contributed by atoms with Gasteiger partial charge < -0.3 is 10.6 Å². The maximum Gasteiger partial charge on any atom is 0.191 e. The fraction of sp³-hybridized carbons (Fsp3) is 0.412. The van der Waals surface area contributed by atoms with Gasteiger partial charge >= 0.3 is 0 Å². The number of nitrogens with one attached hydrogen (secondary N) is 2. The van der Waals surface area contributed by atoms with Crippen molar-refractivity contribution < 1.29 is 4.39 Å². The standard InChI is InChI=1S/C17H23BrFN5/c1-12-9-13(2)24(23-12)8-4-7-21-17(20-3)22-11-14-10-15(19)5-6-16(14)18/h5-6,9-10H,4,7-8,11H2,1-3H3,(H2,20,21,22). The molecule has 0 radical (unpaired) electrons. The van der Waals surface area contributed by atoms with E-state index in [-0.39, 0.29) is 5.82 Å². The van der Waals surface area contributed by atoms with Gasteiger partial charge in [0, 0.05) is 36.8 Å². The van der Waals surface area contributed by atoms with Crippen LogP contribution in [0.5, 0.6) is 0 Å². The fourth-order valence-corrected chi connectivity index (χ4v) is 2.80. The molecule has 0 atom stereocenters. The summed E-state index contributed by atoms with van der Waals surface area (Å²) in [5.41, 5.74) is 3.06. The number of hydrogen-bond donors (Lipinski definition) is 2. The Morgan fingerprint density at radius 2 is 2.08 bits per heavy atom. The molecule has 0 unspecified atom stereocenters. The molecule has 7 heteroatoms. The van der Waals surface area contributed by atoms with Crippen LogP contribution in [0.1, 0.15) is 23.4 Å². The highest BCUT2D eigenvalue weighted by atomic mass is 79.9. The molecule has 1 aromatic carbocycles. The Balaban J connectivity index is 1.76. The van der Waals surface area contributed by atoms with Crippen molar-refractivity contribution >= 4 is 21.9 Å². The van der Waals surface area contributed by atoms with Crippen molar-refractivity contribution in [3.63, 3.8) is 0 Å². The zero-order chi connectivity index (χ0) is 17.5. The highest BCUT2D eigenvalue weighted by molar-refractivity contribution is 9.10. The second kappa shape index (κ2) is 8.82. The summed E-state index contributed by atoms with van der Waals surface area (Å²) in [6.45, 7) is 6.19. The van der Waals surface area contributed by atoms with Crippen molar-refractivity contribution in [3.8, 4) is 0 Å². The van der Waals surface area contributed by atoms with Crippen LogP contribution in [0.25, 0.3) is 0 Å². The molecule has 130 valence electrons. The van der Waals surface area contributed by atoms with Gasteiger partial charge in [-0.15, -0.1) is 0 Å². The number of nitrogens with zero attached hydrogens (tertiary/aromatic N) is 3. The molecule has 0 aliphatic heterocycles. The quantitative estimate of drug-likeness (QED) is 0.448. The van der Waals surface area contributed by atoms with Crippen LogP contribution in [0.15, 0.2) is 33.7 Å². The van der Waals surface area contributed by atoms with E-state index in [1.54, 1.807) is 13.1 Å². The van der Waals surface area contributed by atoms with Gasteiger partial charge in [0.2, 0.25) is 0 Å². The first-order chi connectivity index (χ1) is 11.5. The molecule has 0 aliphatic carbocycles. The smallest absolute Gasteiger partial charge is 0.191 e. The van der Waals surface area contributed by atoms with E-state index in [1.165, 1.54) is 17.8 Å². The number of aliphatic imine (C=N–C) groups is 1. The molecule has 0 saturated carbocycles. The third-order valence-corrected chi connectivity index (χ3v) is 4.39. The van der Waals surface area contributed by atoms with Crippen LogP contribution in [0.4, 0.5) is 4.39 Å². The van der Waals surface area contributed by atoms with Gasteiger partial charge in [0.05, 0.1) is 5.69 Å². The highest BCUT2D eigenvalue weighted by Gasteiger charge is 2.04. The lowest BCUT2D eigenvalue weighted by molar-refractivity contribution is 0.555. The number of rotatable bonds is 6. The number of aromatic nitrogens is 2. The predicted molar refractivity (Wildman–Crippen MR) is 98.6 cm³/mol. The summed E-state index contributed by atoms with van der Waals surface area (Å²) >= 11 is 3.42. The molecule has 24 heavy (non-hydrogen) atoms. The van der Waals surface area contributed by atoms with E-state index in [4.69, 9.17) is 0 Å². The molecule has 2 N–H and O–H groups in total. The summed E-state index contributed by atoms with van der Waals surface area (Å²) in [6.07, 6.45) is 0.937. The van der Waals surface area contributed by atoms with Gasteiger partial charge in [0.1, 0.15) is 5.82 Å². The topological polar surface area (TPSA) is 54.2 Å². The Morgan fingerprint density at radius 1 is 1.29 bits per heavy atom. The first-order valence-electron chi connectivity index (χ1n) is 7.89. The first-order valence-corrected chi connectivity index (χ1v) is 8.68. The largest absolute Gasteiger partial charge is 0.356 e. The van der Waals surface area contributed by atoms with Gasteiger partial charge in [-0.05, 0) is 50.1 Å². The fourth-order valence-electron chi connectivity index (χ4n) is 2.42. The zero-order valence-electron chi connectivity index (χ0n) is 14.2. The molecule has 0 aliphatic rings. The van der Waals surface area contributed by atoms with E-state index in [0.29, 0.717) is 12.5 Å². The van der Waals surface area contributed by atoms with E-state index < -0.39 is 0 Å². The summed E-state index contributed by atoms with van der Waals surface area (Å²) in [4.78, 5) is 4.18. The third kappa shape index (κ3) is 5.33. The molecule has 0 saturated heterocycles. The van der Waals surface area contributed by atoms with Crippen LogP contribution >= 0.6 is 15.9 Å². The van der Waals surface area contributed by atoms with Crippen molar-refractivity contribution in [2.24, 2.45) is 4.99 Å². The summed E-state index contributed by atoms with van der Waals surface area (Å²) in [7, 11) is 1.72. The minimum atomic E-state index is -0.247. The number of halogens is 2. The lowest BCUT2D eigenvalue weighted by atomic mass is 10.2. The van der Waals surface area contributed by atoms with Crippen molar-refractivity contribution in [2.45, 2.75) is 33.4 Å². The molecule has 1 heterocycles. The van der Waals surface area contributed by atoms with Gasteiger partial charge in [-0.2, -0.15) is 5.10 Å². The number of guanidine groups is 1. The molecule has 0 spiro atoms. The third-order valence-electron chi connectivity index (χ3n) is 3.62. The molecule has 5 nitrogen and oxygen atoms in total. The number of benzene rings is 1.